The number of carbonyl (C=O) groups excluding carboxylic acids is 1. The van der Waals surface area contributed by atoms with Crippen molar-refractivity contribution in [2.24, 2.45) is 5.92 Å². The summed E-state index contributed by atoms with van der Waals surface area (Å²) in [6, 6.07) is 6.00. The molecule has 0 unspecified atom stereocenters. The Morgan fingerprint density at radius 2 is 2.04 bits per heavy atom. The first kappa shape index (κ1) is 17.9. The van der Waals surface area contributed by atoms with E-state index in [1.165, 1.54) is 18.3 Å². The molecule has 27 heavy (non-hydrogen) atoms. The third-order valence-electron chi connectivity index (χ3n) is 5.05. The van der Waals surface area contributed by atoms with Crippen LogP contribution in [0.25, 0.3) is 16.7 Å². The number of hydrogen-bond acceptors (Lipinski definition) is 3. The maximum atomic E-state index is 13.2. The summed E-state index contributed by atoms with van der Waals surface area (Å²) >= 11 is 6.62. The molecule has 0 N–H and O–H groups in total. The van der Waals surface area contributed by atoms with E-state index in [2.05, 4.69) is 17.0 Å². The molecule has 1 fully saturated rings. The summed E-state index contributed by atoms with van der Waals surface area (Å²) in [4.78, 5) is 19.3. The van der Waals surface area contributed by atoms with E-state index < -0.39 is 0 Å². The molecule has 4 rings (SSSR count). The molecule has 1 atom stereocenters. The third kappa shape index (κ3) is 3.18. The quantitative estimate of drug-likeness (QED) is 0.656. The summed E-state index contributed by atoms with van der Waals surface area (Å²) in [5.41, 5.74) is 2.31. The summed E-state index contributed by atoms with van der Waals surface area (Å²) in [6.45, 7) is 5.46. The second-order valence-electron chi connectivity index (χ2n) is 7.16. The van der Waals surface area contributed by atoms with Crippen LogP contribution in [-0.4, -0.2) is 38.7 Å². The topological polar surface area (TPSA) is 51.0 Å². The van der Waals surface area contributed by atoms with Gasteiger partial charge in [-0.25, -0.2) is 14.1 Å². The molecule has 0 aliphatic carbocycles. The van der Waals surface area contributed by atoms with Crippen molar-refractivity contribution in [2.75, 3.05) is 13.1 Å². The Morgan fingerprint density at radius 3 is 2.74 bits per heavy atom. The highest BCUT2D eigenvalue weighted by atomic mass is 35.5. The monoisotopic (exact) mass is 386 g/mol. The highest BCUT2D eigenvalue weighted by molar-refractivity contribution is 6.38. The smallest absolute Gasteiger partial charge is 0.256 e. The van der Waals surface area contributed by atoms with Crippen molar-refractivity contribution in [3.8, 4) is 5.69 Å². The summed E-state index contributed by atoms with van der Waals surface area (Å²) in [5.74, 6) is 0.0811. The van der Waals surface area contributed by atoms with Crippen LogP contribution in [0.4, 0.5) is 4.39 Å². The molecule has 5 nitrogen and oxygen atoms in total. The molecule has 3 heterocycles. The number of carbonyl (C=O) groups is 1. The van der Waals surface area contributed by atoms with E-state index in [-0.39, 0.29) is 11.7 Å². The maximum Gasteiger partial charge on any atom is 0.256 e. The van der Waals surface area contributed by atoms with E-state index in [1.54, 1.807) is 16.8 Å². The lowest BCUT2D eigenvalue weighted by Gasteiger charge is -2.31. The Bertz CT molecular complexity index is 1010. The van der Waals surface area contributed by atoms with Gasteiger partial charge in [-0.1, -0.05) is 18.5 Å². The Kier molecular flexibility index (Phi) is 4.60. The fourth-order valence-corrected chi connectivity index (χ4v) is 4.01. The Morgan fingerprint density at radius 1 is 1.30 bits per heavy atom. The molecule has 1 aliphatic heterocycles. The number of amides is 1. The first-order valence-corrected chi connectivity index (χ1v) is 9.42. The third-order valence-corrected chi connectivity index (χ3v) is 5.45. The summed E-state index contributed by atoms with van der Waals surface area (Å²) in [7, 11) is 0. The van der Waals surface area contributed by atoms with Gasteiger partial charge in [0, 0.05) is 19.3 Å². The van der Waals surface area contributed by atoms with Gasteiger partial charge in [-0.05, 0) is 49.9 Å². The standard InChI is InChI=1S/C20H20ClFN4O/c1-12-4-3-9-25(11-12)20(27)16-10-23-19-17(18(16)21)13(2)24-26(19)15-7-5-14(22)6-8-15/h5-8,10,12H,3-4,9,11H2,1-2H3/t12-/m1/s1. The van der Waals surface area contributed by atoms with Crippen LogP contribution in [0.1, 0.15) is 35.8 Å². The minimum Gasteiger partial charge on any atom is -0.338 e. The minimum absolute atomic E-state index is 0.0881. The lowest BCUT2D eigenvalue weighted by Crippen LogP contribution is -2.39. The van der Waals surface area contributed by atoms with Crippen LogP contribution in [0.2, 0.25) is 5.02 Å². The number of nitrogens with zero attached hydrogens (tertiary/aromatic N) is 4. The molecule has 140 valence electrons. The molecule has 1 aliphatic rings. The number of benzene rings is 1. The average Bonchev–Trinajstić information content (AvgIpc) is 2.99. The Hall–Kier alpha value is -2.47. The van der Waals surface area contributed by atoms with Crippen molar-refractivity contribution >= 4 is 28.5 Å². The van der Waals surface area contributed by atoms with Crippen molar-refractivity contribution in [2.45, 2.75) is 26.7 Å². The van der Waals surface area contributed by atoms with Crippen LogP contribution in [-0.2, 0) is 0 Å². The van der Waals surface area contributed by atoms with Crippen LogP contribution in [0.3, 0.4) is 0 Å². The highest BCUT2D eigenvalue weighted by Gasteiger charge is 2.26. The number of rotatable bonds is 2. The van der Waals surface area contributed by atoms with Crippen LogP contribution in [0, 0.1) is 18.7 Å². The summed E-state index contributed by atoms with van der Waals surface area (Å²) in [5, 5.41) is 5.52. The van der Waals surface area contributed by atoms with Gasteiger partial charge >= 0.3 is 0 Å². The van der Waals surface area contributed by atoms with Crippen LogP contribution < -0.4 is 0 Å². The van der Waals surface area contributed by atoms with Gasteiger partial charge in [-0.15, -0.1) is 0 Å². The number of aromatic nitrogens is 3. The van der Waals surface area contributed by atoms with E-state index >= 15 is 0 Å². The van der Waals surface area contributed by atoms with Gasteiger partial charge in [0.25, 0.3) is 5.91 Å². The predicted molar refractivity (Wildman–Crippen MR) is 103 cm³/mol. The second-order valence-corrected chi connectivity index (χ2v) is 7.53. The van der Waals surface area contributed by atoms with E-state index in [0.29, 0.717) is 38.9 Å². The van der Waals surface area contributed by atoms with Crippen molar-refractivity contribution in [3.63, 3.8) is 0 Å². The van der Waals surface area contributed by atoms with Gasteiger partial charge < -0.3 is 4.90 Å². The normalized spacial score (nSPS) is 17.5. The molecule has 0 spiro atoms. The first-order valence-electron chi connectivity index (χ1n) is 9.04. The Balaban J connectivity index is 1.77. The lowest BCUT2D eigenvalue weighted by molar-refractivity contribution is 0.0683. The van der Waals surface area contributed by atoms with Gasteiger partial charge in [0.1, 0.15) is 5.82 Å². The van der Waals surface area contributed by atoms with Gasteiger partial charge in [0.05, 0.1) is 27.4 Å². The van der Waals surface area contributed by atoms with Crippen LogP contribution in [0.5, 0.6) is 0 Å². The zero-order valence-corrected chi connectivity index (χ0v) is 16.0. The first-order chi connectivity index (χ1) is 13.0. The van der Waals surface area contributed by atoms with Crippen LogP contribution in [0.15, 0.2) is 30.5 Å². The van der Waals surface area contributed by atoms with Crippen molar-refractivity contribution < 1.29 is 9.18 Å². The number of pyridine rings is 1. The van der Waals surface area contributed by atoms with Crippen molar-refractivity contribution in [1.82, 2.24) is 19.7 Å². The molecular formula is C20H20ClFN4O. The predicted octanol–water partition coefficient (Wildman–Crippen LogP) is 4.39. The van der Waals surface area contributed by atoms with Crippen LogP contribution >= 0.6 is 11.6 Å². The van der Waals surface area contributed by atoms with Crippen molar-refractivity contribution in [1.29, 1.82) is 0 Å². The lowest BCUT2D eigenvalue weighted by atomic mass is 9.99. The molecule has 2 aromatic heterocycles. The fraction of sp³-hybridized carbons (Fsp3) is 0.350. The van der Waals surface area contributed by atoms with E-state index in [1.807, 2.05) is 11.8 Å². The maximum absolute atomic E-state index is 13.2. The Labute approximate surface area is 161 Å². The SMILES string of the molecule is Cc1nn(-c2ccc(F)cc2)c2ncc(C(=O)N3CCC[C@@H](C)C3)c(Cl)c12. The number of fused-ring (bicyclic) bond motifs is 1. The molecular weight excluding hydrogens is 367 g/mol. The average molecular weight is 387 g/mol. The zero-order valence-electron chi connectivity index (χ0n) is 15.2. The largest absolute Gasteiger partial charge is 0.338 e. The van der Waals surface area contributed by atoms with Crippen molar-refractivity contribution in [3.05, 3.63) is 52.6 Å². The fourth-order valence-electron chi connectivity index (χ4n) is 3.66. The van der Waals surface area contributed by atoms with Gasteiger partial charge in [-0.2, -0.15) is 5.10 Å². The molecule has 1 amide bonds. The molecule has 0 bridgehead atoms. The summed E-state index contributed by atoms with van der Waals surface area (Å²) in [6.07, 6.45) is 3.66. The van der Waals surface area contributed by atoms with Gasteiger partial charge in [0.15, 0.2) is 5.65 Å². The number of halogens is 2. The molecule has 0 saturated carbocycles. The van der Waals surface area contributed by atoms with Gasteiger partial charge in [0.2, 0.25) is 0 Å². The van der Waals surface area contributed by atoms with E-state index in [9.17, 15) is 9.18 Å². The minimum atomic E-state index is -0.318. The van der Waals surface area contributed by atoms with Gasteiger partial charge in [-0.3, -0.25) is 4.79 Å². The number of piperidine rings is 1. The molecule has 7 heteroatoms. The summed E-state index contributed by atoms with van der Waals surface area (Å²) < 4.78 is 14.8. The zero-order chi connectivity index (χ0) is 19.1. The molecule has 0 radical (unpaired) electrons. The molecule has 1 aromatic carbocycles. The molecule has 3 aromatic rings. The second kappa shape index (κ2) is 6.93. The number of hydrogen-bond donors (Lipinski definition) is 0. The highest BCUT2D eigenvalue weighted by Crippen LogP contribution is 2.31. The molecule has 1 saturated heterocycles. The number of likely N-dealkylation sites (tertiary alicyclic amines) is 1. The van der Waals surface area contributed by atoms with E-state index in [4.69, 9.17) is 11.6 Å². The van der Waals surface area contributed by atoms with E-state index in [0.717, 1.165) is 25.9 Å². The number of aryl methyl sites for hydroxylation is 1.